The summed E-state index contributed by atoms with van der Waals surface area (Å²) in [6.07, 6.45) is 2.47. The maximum atomic E-state index is 17.2. The number of likely N-dealkylation sites (tertiary alicyclic amines) is 1. The minimum absolute atomic E-state index is 0.00824. The maximum Gasteiger partial charge on any atom is 0.418 e. The third-order valence-electron chi connectivity index (χ3n) is 11.8. The van der Waals surface area contributed by atoms with E-state index in [9.17, 15) is 13.2 Å². The highest BCUT2D eigenvalue weighted by atomic mass is 35.5. The Morgan fingerprint density at radius 2 is 1.75 bits per heavy atom. The van der Waals surface area contributed by atoms with Gasteiger partial charge in [-0.05, 0) is 94.4 Å². The first kappa shape index (κ1) is 36.1. The number of piperidine rings is 1. The topological polar surface area (TPSA) is 87.7 Å². The summed E-state index contributed by atoms with van der Waals surface area (Å²) in [6, 6.07) is 10.9. The number of nitrogens with zero attached hydrogens (tertiary/aromatic N) is 5. The number of fused-ring (bicyclic) bond motifs is 4. The normalized spacial score (nSPS) is 24.5. The molecule has 5 heterocycles. The molecule has 1 aliphatic carbocycles. The number of ether oxygens (including phenoxy) is 2. The Hall–Kier alpha value is -3.94. The van der Waals surface area contributed by atoms with Gasteiger partial charge in [0.25, 0.3) is 0 Å². The summed E-state index contributed by atoms with van der Waals surface area (Å²) in [7, 11) is 3.72. The minimum atomic E-state index is -4.85. The second-order valence-corrected chi connectivity index (χ2v) is 15.6. The van der Waals surface area contributed by atoms with Crippen LogP contribution in [0.5, 0.6) is 11.8 Å². The number of hydrogen-bond acceptors (Lipinski definition) is 9. The van der Waals surface area contributed by atoms with E-state index in [1.54, 1.807) is 19.2 Å². The maximum absolute atomic E-state index is 17.2. The molecule has 3 aliphatic heterocycles. The lowest BCUT2D eigenvalue weighted by molar-refractivity contribution is -0.137. The van der Waals surface area contributed by atoms with E-state index in [1.807, 2.05) is 12.1 Å². The van der Waals surface area contributed by atoms with Crippen molar-refractivity contribution in [3.05, 3.63) is 63.9 Å². The zero-order valence-corrected chi connectivity index (χ0v) is 30.9. The number of alkyl halides is 3. The summed E-state index contributed by atoms with van der Waals surface area (Å²) in [5.74, 6) is 0.281. The van der Waals surface area contributed by atoms with Crippen molar-refractivity contribution >= 4 is 34.1 Å². The van der Waals surface area contributed by atoms with Crippen LogP contribution in [0.4, 0.5) is 29.2 Å². The molecule has 1 saturated carbocycles. The highest BCUT2D eigenvalue weighted by molar-refractivity contribution is 6.34. The van der Waals surface area contributed by atoms with E-state index in [0.29, 0.717) is 42.7 Å². The van der Waals surface area contributed by atoms with Gasteiger partial charge in [0.05, 0.1) is 35.6 Å². The molecule has 0 radical (unpaired) electrons. The summed E-state index contributed by atoms with van der Waals surface area (Å²) in [6.45, 7) is 4.29. The number of pyridine rings is 1. The van der Waals surface area contributed by atoms with Gasteiger partial charge in [0.15, 0.2) is 5.82 Å². The molecule has 4 aromatic rings. The fraction of sp³-hybridized carbons (Fsp3) is 0.513. The third kappa shape index (κ3) is 6.84. The standard InChI is InChI=1S/C39H44ClF4N7O2/c1-22-16-30(45-18-23-7-11-26(52-3)12-8-23)47-35(32(22)39(42,43)44)31-28(40)17-27-34(33(31)41)48-37(49-36(27)51-19-24-9-10-25(20-51)46-24)53-21-38-13-4-6-29(38)50(2)15-5-14-38/h7-8,11-12,16-17,24-25,29,46H,4-6,9-10,13-15,18-21H2,1-3H3,(H,45,47)/t24?,25?,29-,38-/m1/s1. The Bertz CT molecular complexity index is 2000. The molecule has 8 rings (SSSR count). The number of hydrogen-bond donors (Lipinski definition) is 2. The van der Waals surface area contributed by atoms with Crippen molar-refractivity contribution in [2.24, 2.45) is 5.41 Å². The first-order valence-electron chi connectivity index (χ1n) is 18.4. The molecule has 2 aromatic heterocycles. The summed E-state index contributed by atoms with van der Waals surface area (Å²) >= 11 is 6.83. The predicted octanol–water partition coefficient (Wildman–Crippen LogP) is 8.02. The number of benzene rings is 2. The van der Waals surface area contributed by atoms with Crippen molar-refractivity contribution in [2.75, 3.05) is 50.6 Å². The number of nitrogens with one attached hydrogen (secondary N) is 2. The monoisotopic (exact) mass is 753 g/mol. The van der Waals surface area contributed by atoms with Crippen molar-refractivity contribution in [3.63, 3.8) is 0 Å². The highest BCUT2D eigenvalue weighted by Gasteiger charge is 2.47. The van der Waals surface area contributed by atoms with E-state index in [4.69, 9.17) is 26.1 Å². The lowest BCUT2D eigenvalue weighted by Crippen LogP contribution is -2.51. The molecule has 2 bridgehead atoms. The first-order valence-corrected chi connectivity index (χ1v) is 18.8. The zero-order chi connectivity index (χ0) is 37.1. The number of piperazine rings is 1. The van der Waals surface area contributed by atoms with Crippen molar-refractivity contribution in [1.29, 1.82) is 0 Å². The summed E-state index contributed by atoms with van der Waals surface area (Å²) in [5.41, 5.74) is -1.64. The Balaban J connectivity index is 1.22. The fourth-order valence-corrected chi connectivity index (χ4v) is 9.56. The van der Waals surface area contributed by atoms with Crippen LogP contribution in [0.15, 0.2) is 36.4 Å². The Morgan fingerprint density at radius 3 is 2.47 bits per heavy atom. The van der Waals surface area contributed by atoms with Crippen molar-refractivity contribution < 1.29 is 27.0 Å². The number of halogens is 5. The second-order valence-electron chi connectivity index (χ2n) is 15.2. The molecule has 53 heavy (non-hydrogen) atoms. The predicted molar refractivity (Wildman–Crippen MR) is 197 cm³/mol. The van der Waals surface area contributed by atoms with Gasteiger partial charge in [0.1, 0.15) is 22.9 Å². The van der Waals surface area contributed by atoms with E-state index in [-0.39, 0.29) is 52.0 Å². The Labute approximate surface area is 311 Å². The molecular formula is C39H44ClF4N7O2. The number of aryl methyl sites for hydroxylation is 1. The fourth-order valence-electron chi connectivity index (χ4n) is 9.28. The van der Waals surface area contributed by atoms with Gasteiger partial charge in [-0.2, -0.15) is 23.1 Å². The average Bonchev–Trinajstić information content (AvgIpc) is 3.72. The summed E-state index contributed by atoms with van der Waals surface area (Å²) < 4.78 is 73.2. The molecule has 2 unspecified atom stereocenters. The number of anilines is 2. The SMILES string of the molecule is COc1ccc(CNc2cc(C)c(C(F)(F)F)c(-c3c(Cl)cc4c(N5CC6CCC(C5)N6)nc(OC[C@]56CCC[C@H]5N(C)CCC6)nc4c3F)n2)cc1. The van der Waals surface area contributed by atoms with Crippen LogP contribution in [0.2, 0.25) is 5.02 Å². The Morgan fingerprint density at radius 1 is 1.02 bits per heavy atom. The largest absolute Gasteiger partial charge is 0.497 e. The van der Waals surface area contributed by atoms with E-state index in [1.165, 1.54) is 19.1 Å². The summed E-state index contributed by atoms with van der Waals surface area (Å²) in [5, 5.41) is 6.82. The van der Waals surface area contributed by atoms with Crippen LogP contribution in [0.1, 0.15) is 61.6 Å². The van der Waals surface area contributed by atoms with Gasteiger partial charge in [-0.15, -0.1) is 0 Å². The average molecular weight is 754 g/mol. The number of aromatic nitrogens is 3. The van der Waals surface area contributed by atoms with Crippen molar-refractivity contribution in [3.8, 4) is 23.0 Å². The van der Waals surface area contributed by atoms with Crippen LogP contribution in [0.25, 0.3) is 22.2 Å². The molecule has 2 aromatic carbocycles. The molecule has 14 heteroatoms. The molecular weight excluding hydrogens is 710 g/mol. The van der Waals surface area contributed by atoms with E-state index in [2.05, 4.69) is 37.4 Å². The smallest absolute Gasteiger partial charge is 0.418 e. The summed E-state index contributed by atoms with van der Waals surface area (Å²) in [4.78, 5) is 18.4. The van der Waals surface area contributed by atoms with Gasteiger partial charge in [0, 0.05) is 48.6 Å². The number of rotatable bonds is 9. The van der Waals surface area contributed by atoms with E-state index < -0.39 is 28.8 Å². The molecule has 2 N–H and O–H groups in total. The first-order chi connectivity index (χ1) is 25.4. The molecule has 9 nitrogen and oxygen atoms in total. The van der Waals surface area contributed by atoms with Gasteiger partial charge in [-0.1, -0.05) is 30.2 Å². The molecule has 4 atom stereocenters. The van der Waals surface area contributed by atoms with Crippen LogP contribution in [-0.4, -0.2) is 78.4 Å². The van der Waals surface area contributed by atoms with Crippen LogP contribution in [-0.2, 0) is 12.7 Å². The van der Waals surface area contributed by atoms with Gasteiger partial charge >= 0.3 is 12.2 Å². The third-order valence-corrected chi connectivity index (χ3v) is 12.1. The molecule has 282 valence electrons. The highest BCUT2D eigenvalue weighted by Crippen LogP contribution is 2.48. The molecule has 0 spiro atoms. The lowest BCUT2D eigenvalue weighted by atomic mass is 9.76. The lowest BCUT2D eigenvalue weighted by Gasteiger charge is -2.44. The van der Waals surface area contributed by atoms with Gasteiger partial charge in [0.2, 0.25) is 0 Å². The van der Waals surface area contributed by atoms with Crippen molar-refractivity contribution in [2.45, 2.75) is 82.7 Å². The molecule has 0 amide bonds. The van der Waals surface area contributed by atoms with Crippen LogP contribution >= 0.6 is 11.6 Å². The van der Waals surface area contributed by atoms with Crippen LogP contribution in [0.3, 0.4) is 0 Å². The van der Waals surface area contributed by atoms with Crippen LogP contribution in [0, 0.1) is 18.2 Å². The van der Waals surface area contributed by atoms with E-state index in [0.717, 1.165) is 57.1 Å². The second kappa shape index (κ2) is 14.0. The molecule has 3 saturated heterocycles. The Kier molecular flexibility index (Phi) is 9.55. The van der Waals surface area contributed by atoms with Gasteiger partial charge in [-0.25, -0.2) is 9.37 Å². The molecule has 4 aliphatic rings. The van der Waals surface area contributed by atoms with Crippen molar-refractivity contribution in [1.82, 2.24) is 25.2 Å². The van der Waals surface area contributed by atoms with E-state index >= 15 is 4.39 Å². The number of methoxy groups -OCH3 is 1. The quantitative estimate of drug-likeness (QED) is 0.165. The van der Waals surface area contributed by atoms with Crippen LogP contribution < -0.4 is 25.0 Å². The zero-order valence-electron chi connectivity index (χ0n) is 30.1. The molecule has 4 fully saturated rings. The minimum Gasteiger partial charge on any atom is -0.497 e. The van der Waals surface area contributed by atoms with Gasteiger partial charge in [-0.3, -0.25) is 0 Å². The van der Waals surface area contributed by atoms with Gasteiger partial charge < -0.3 is 29.9 Å².